The van der Waals surface area contributed by atoms with Crippen LogP contribution in [0.4, 0.5) is 5.69 Å². The predicted molar refractivity (Wildman–Crippen MR) is 150 cm³/mol. The molecule has 3 aromatic rings. The molecule has 198 valence electrons. The van der Waals surface area contributed by atoms with E-state index in [1.807, 2.05) is 45.0 Å². The molecule has 1 fully saturated rings. The van der Waals surface area contributed by atoms with Gasteiger partial charge in [-0.25, -0.2) is 0 Å². The topological polar surface area (TPSA) is 75.5 Å². The molecule has 0 aliphatic carbocycles. The monoisotopic (exact) mass is 511 g/mol. The lowest BCUT2D eigenvalue weighted by Crippen LogP contribution is -2.38. The zero-order valence-corrected chi connectivity index (χ0v) is 23.1. The van der Waals surface area contributed by atoms with Crippen LogP contribution in [0.1, 0.15) is 61.7 Å². The molecule has 38 heavy (non-hydrogen) atoms. The highest BCUT2D eigenvalue weighted by atomic mass is 16.5. The first-order chi connectivity index (χ1) is 18.2. The van der Waals surface area contributed by atoms with Gasteiger partial charge in [-0.3, -0.25) is 9.78 Å². The number of esters is 1. The van der Waals surface area contributed by atoms with Crippen LogP contribution in [0.25, 0.3) is 11.1 Å². The molecule has 2 aromatic carbocycles. The first-order valence-corrected chi connectivity index (χ1v) is 13.3. The van der Waals surface area contributed by atoms with Crippen molar-refractivity contribution in [2.75, 3.05) is 24.6 Å². The summed E-state index contributed by atoms with van der Waals surface area (Å²) in [6.45, 7) is 13.2. The van der Waals surface area contributed by atoms with Gasteiger partial charge in [-0.15, -0.1) is 0 Å². The Hall–Kier alpha value is -3.85. The second-order valence-corrected chi connectivity index (χ2v) is 10.7. The fourth-order valence-electron chi connectivity index (χ4n) is 5.03. The van der Waals surface area contributed by atoms with Crippen molar-refractivity contribution in [1.82, 2.24) is 4.98 Å². The third-order valence-corrected chi connectivity index (χ3v) is 7.35. The quantitative estimate of drug-likeness (QED) is 0.319. The summed E-state index contributed by atoms with van der Waals surface area (Å²) in [5, 5.41) is 8.99. The zero-order valence-electron chi connectivity index (χ0n) is 23.1. The van der Waals surface area contributed by atoms with Crippen LogP contribution in [0.15, 0.2) is 48.5 Å². The highest BCUT2D eigenvalue weighted by molar-refractivity contribution is 5.87. The number of benzene rings is 2. The molecule has 0 bridgehead atoms. The molecule has 0 radical (unpaired) electrons. The van der Waals surface area contributed by atoms with Crippen LogP contribution < -0.4 is 9.64 Å². The van der Waals surface area contributed by atoms with Gasteiger partial charge in [-0.05, 0) is 74.4 Å². The van der Waals surface area contributed by atoms with Gasteiger partial charge in [0.1, 0.15) is 12.4 Å². The standard InChI is InChI=1S/C32H37N3O3/c1-6-37-29(36)19-28-22(2)34-23(3)30(31(28)35-17-15-32(4,5)16-18-35)26-11-13-27(14-12-26)38-21-25-9-7-24(20-33)8-10-25/h7-14H,6,15-19,21H2,1-5H3. The van der Waals surface area contributed by atoms with Gasteiger partial charge in [0.25, 0.3) is 0 Å². The number of rotatable bonds is 8. The number of carbonyl (C=O) groups is 1. The first kappa shape index (κ1) is 27.2. The molecule has 1 aliphatic rings. The van der Waals surface area contributed by atoms with Gasteiger partial charge in [0.05, 0.1) is 30.3 Å². The molecule has 1 aliphatic heterocycles. The second kappa shape index (κ2) is 11.7. The smallest absolute Gasteiger partial charge is 0.310 e. The van der Waals surface area contributed by atoms with Gasteiger partial charge in [0.15, 0.2) is 0 Å². The van der Waals surface area contributed by atoms with Gasteiger partial charge >= 0.3 is 5.97 Å². The highest BCUT2D eigenvalue weighted by Crippen LogP contribution is 2.41. The second-order valence-electron chi connectivity index (χ2n) is 10.7. The maximum absolute atomic E-state index is 12.6. The average Bonchev–Trinajstić information content (AvgIpc) is 2.90. The Morgan fingerprint density at radius 1 is 1.03 bits per heavy atom. The van der Waals surface area contributed by atoms with E-state index in [2.05, 4.69) is 36.9 Å². The molecule has 0 spiro atoms. The number of nitrogens with zero attached hydrogens (tertiary/aromatic N) is 3. The number of nitriles is 1. The van der Waals surface area contributed by atoms with Crippen molar-refractivity contribution in [3.8, 4) is 22.9 Å². The molecule has 0 N–H and O–H groups in total. The van der Waals surface area contributed by atoms with E-state index in [1.54, 1.807) is 12.1 Å². The molecule has 6 nitrogen and oxygen atoms in total. The number of aryl methyl sites for hydroxylation is 2. The van der Waals surface area contributed by atoms with Crippen molar-refractivity contribution in [1.29, 1.82) is 5.26 Å². The molecular weight excluding hydrogens is 474 g/mol. The van der Waals surface area contributed by atoms with E-state index in [0.717, 1.165) is 71.0 Å². The van der Waals surface area contributed by atoms with E-state index in [9.17, 15) is 4.79 Å². The third-order valence-electron chi connectivity index (χ3n) is 7.35. The van der Waals surface area contributed by atoms with E-state index < -0.39 is 0 Å². The van der Waals surface area contributed by atoms with Gasteiger partial charge in [0.2, 0.25) is 0 Å². The number of pyridine rings is 1. The molecule has 4 rings (SSSR count). The predicted octanol–water partition coefficient (Wildman–Crippen LogP) is 6.55. The summed E-state index contributed by atoms with van der Waals surface area (Å²) in [6.07, 6.45) is 2.39. The summed E-state index contributed by atoms with van der Waals surface area (Å²) in [5.41, 5.74) is 7.93. The molecule has 0 amide bonds. The van der Waals surface area contributed by atoms with E-state index in [1.165, 1.54) is 0 Å². The zero-order chi connectivity index (χ0) is 27.3. The maximum atomic E-state index is 12.6. The molecule has 2 heterocycles. The normalized spacial score (nSPS) is 14.6. The maximum Gasteiger partial charge on any atom is 0.310 e. The Bertz CT molecular complexity index is 1310. The average molecular weight is 512 g/mol. The number of carbonyl (C=O) groups excluding carboxylic acids is 1. The summed E-state index contributed by atoms with van der Waals surface area (Å²) in [6, 6.07) is 17.6. The van der Waals surface area contributed by atoms with Crippen LogP contribution in [-0.2, 0) is 22.6 Å². The lowest BCUT2D eigenvalue weighted by atomic mass is 9.82. The van der Waals surface area contributed by atoms with Crippen molar-refractivity contribution in [3.63, 3.8) is 0 Å². The summed E-state index contributed by atoms with van der Waals surface area (Å²) in [7, 11) is 0. The number of hydrogen-bond acceptors (Lipinski definition) is 6. The van der Waals surface area contributed by atoms with Crippen LogP contribution in [0.5, 0.6) is 5.75 Å². The molecule has 0 unspecified atom stereocenters. The van der Waals surface area contributed by atoms with E-state index in [0.29, 0.717) is 24.2 Å². The molecule has 6 heteroatoms. The Labute approximate surface area is 226 Å². The Morgan fingerprint density at radius 3 is 2.29 bits per heavy atom. The number of ether oxygens (including phenoxy) is 2. The first-order valence-electron chi connectivity index (χ1n) is 13.3. The van der Waals surface area contributed by atoms with Gasteiger partial charge < -0.3 is 14.4 Å². The fraction of sp³-hybridized carbons (Fsp3) is 0.406. The van der Waals surface area contributed by atoms with Crippen molar-refractivity contribution >= 4 is 11.7 Å². The Kier molecular flexibility index (Phi) is 8.36. The largest absolute Gasteiger partial charge is 0.489 e. The minimum Gasteiger partial charge on any atom is -0.489 e. The third kappa shape index (κ3) is 6.34. The van der Waals surface area contributed by atoms with Crippen molar-refractivity contribution in [2.24, 2.45) is 5.41 Å². The minimum atomic E-state index is -0.225. The number of hydrogen-bond donors (Lipinski definition) is 0. The summed E-state index contributed by atoms with van der Waals surface area (Å²) >= 11 is 0. The van der Waals surface area contributed by atoms with E-state index in [-0.39, 0.29) is 12.4 Å². The van der Waals surface area contributed by atoms with Crippen LogP contribution in [0.3, 0.4) is 0 Å². The minimum absolute atomic E-state index is 0.209. The molecular formula is C32H37N3O3. The van der Waals surface area contributed by atoms with Crippen molar-refractivity contribution in [3.05, 3.63) is 76.6 Å². The van der Waals surface area contributed by atoms with Crippen LogP contribution >= 0.6 is 0 Å². The summed E-state index contributed by atoms with van der Waals surface area (Å²) in [4.78, 5) is 19.9. The van der Waals surface area contributed by atoms with Crippen molar-refractivity contribution in [2.45, 2.75) is 60.5 Å². The van der Waals surface area contributed by atoms with E-state index in [4.69, 9.17) is 19.7 Å². The summed E-state index contributed by atoms with van der Waals surface area (Å²) < 4.78 is 11.3. The number of piperidine rings is 1. The lowest BCUT2D eigenvalue weighted by Gasteiger charge is -2.40. The highest BCUT2D eigenvalue weighted by Gasteiger charge is 2.30. The number of aromatic nitrogens is 1. The fourth-order valence-corrected chi connectivity index (χ4v) is 5.03. The van der Waals surface area contributed by atoms with Crippen molar-refractivity contribution < 1.29 is 14.3 Å². The van der Waals surface area contributed by atoms with Crippen LogP contribution in [0, 0.1) is 30.6 Å². The Morgan fingerprint density at radius 2 is 1.68 bits per heavy atom. The SMILES string of the molecule is CCOC(=O)Cc1c(C)nc(C)c(-c2ccc(OCc3ccc(C#N)cc3)cc2)c1N1CCC(C)(C)CC1. The lowest BCUT2D eigenvalue weighted by molar-refractivity contribution is -0.142. The van der Waals surface area contributed by atoms with Crippen LogP contribution in [0.2, 0.25) is 0 Å². The Balaban J connectivity index is 1.66. The van der Waals surface area contributed by atoms with E-state index >= 15 is 0 Å². The molecule has 1 saturated heterocycles. The number of anilines is 1. The van der Waals surface area contributed by atoms with Gasteiger partial charge in [-0.1, -0.05) is 38.1 Å². The van der Waals surface area contributed by atoms with Gasteiger partial charge in [0, 0.05) is 35.6 Å². The van der Waals surface area contributed by atoms with Crippen LogP contribution in [-0.4, -0.2) is 30.6 Å². The van der Waals surface area contributed by atoms with Gasteiger partial charge in [-0.2, -0.15) is 5.26 Å². The summed E-state index contributed by atoms with van der Waals surface area (Å²) in [5.74, 6) is 0.543. The molecule has 0 saturated carbocycles. The molecule has 1 aromatic heterocycles. The molecule has 0 atom stereocenters.